The van der Waals surface area contributed by atoms with Crippen molar-refractivity contribution in [2.24, 2.45) is 0 Å². The van der Waals surface area contributed by atoms with Crippen LogP contribution in [-0.4, -0.2) is 29.8 Å². The summed E-state index contributed by atoms with van der Waals surface area (Å²) < 4.78 is 34.1. The van der Waals surface area contributed by atoms with E-state index in [1.54, 1.807) is 26.2 Å². The Labute approximate surface area is 178 Å². The zero-order valence-corrected chi connectivity index (χ0v) is 17.4. The molecule has 1 heterocycles. The molecule has 7 heteroatoms. The third kappa shape index (κ3) is 3.38. The van der Waals surface area contributed by atoms with Crippen molar-refractivity contribution < 1.29 is 23.4 Å². The van der Waals surface area contributed by atoms with Crippen LogP contribution in [0.5, 0.6) is 0 Å². The SMILES string of the molecule is CO[C@H]1CC[C@@]2(CC1)NC(=O)C(c1cc(-c3ccc(Cl)c(F)c3)cc(F)c1C)=C2O. The Morgan fingerprint density at radius 1 is 1.13 bits per heavy atom. The molecule has 4 rings (SSSR count). The molecule has 1 saturated carbocycles. The van der Waals surface area contributed by atoms with Gasteiger partial charge < -0.3 is 15.2 Å². The number of ether oxygens (including phenoxy) is 1. The number of aliphatic hydroxyl groups excluding tert-OH is 1. The molecule has 2 N–H and O–H groups in total. The van der Waals surface area contributed by atoms with Crippen molar-refractivity contribution in [1.82, 2.24) is 5.32 Å². The fraction of sp³-hybridized carbons (Fsp3) is 0.348. The first-order valence-corrected chi connectivity index (χ1v) is 10.2. The van der Waals surface area contributed by atoms with Crippen molar-refractivity contribution in [3.63, 3.8) is 0 Å². The molecule has 0 aromatic heterocycles. The standard InChI is InChI=1S/C23H22ClF2NO3/c1-12-16(9-14(11-18(12)25)13-3-4-17(24)19(26)10-13)20-21(28)23(27-22(20)29)7-5-15(30-2)6-8-23/h3-4,9-11,15,28H,5-8H2,1-2H3,(H,27,29)/t15-,23-. The highest BCUT2D eigenvalue weighted by molar-refractivity contribution is 6.30. The summed E-state index contributed by atoms with van der Waals surface area (Å²) in [6.45, 7) is 1.55. The van der Waals surface area contributed by atoms with Gasteiger partial charge in [-0.1, -0.05) is 17.7 Å². The predicted octanol–water partition coefficient (Wildman–Crippen LogP) is 5.32. The Morgan fingerprint density at radius 3 is 2.43 bits per heavy atom. The Kier molecular flexibility index (Phi) is 5.32. The molecule has 2 aromatic carbocycles. The van der Waals surface area contributed by atoms with Gasteiger partial charge in [-0.05, 0) is 79.1 Å². The predicted molar refractivity (Wildman–Crippen MR) is 111 cm³/mol. The molecular weight excluding hydrogens is 412 g/mol. The van der Waals surface area contributed by atoms with Crippen LogP contribution < -0.4 is 5.32 Å². The van der Waals surface area contributed by atoms with Gasteiger partial charge in [0.1, 0.15) is 17.4 Å². The minimum atomic E-state index is -0.854. The third-order valence-corrected chi connectivity index (χ3v) is 6.56. The van der Waals surface area contributed by atoms with Crippen LogP contribution >= 0.6 is 11.6 Å². The molecule has 1 aliphatic heterocycles. The molecule has 1 spiro atoms. The number of nitrogens with one attached hydrogen (secondary N) is 1. The average molecular weight is 434 g/mol. The van der Waals surface area contributed by atoms with Gasteiger partial charge in [0, 0.05) is 7.11 Å². The number of methoxy groups -OCH3 is 1. The normalized spacial score (nSPS) is 23.9. The summed E-state index contributed by atoms with van der Waals surface area (Å²) in [6, 6.07) is 7.08. The van der Waals surface area contributed by atoms with Crippen LogP contribution in [0.4, 0.5) is 8.78 Å². The summed E-state index contributed by atoms with van der Waals surface area (Å²) in [7, 11) is 1.65. The second kappa shape index (κ2) is 7.67. The van der Waals surface area contributed by atoms with Crippen molar-refractivity contribution in [2.45, 2.75) is 44.2 Å². The molecule has 0 radical (unpaired) electrons. The minimum Gasteiger partial charge on any atom is -0.509 e. The van der Waals surface area contributed by atoms with E-state index in [-0.39, 0.29) is 28.0 Å². The molecule has 0 atom stereocenters. The van der Waals surface area contributed by atoms with Gasteiger partial charge >= 0.3 is 0 Å². The molecule has 30 heavy (non-hydrogen) atoms. The van der Waals surface area contributed by atoms with Gasteiger partial charge in [0.15, 0.2) is 0 Å². The van der Waals surface area contributed by atoms with Crippen molar-refractivity contribution in [2.75, 3.05) is 7.11 Å². The first kappa shape index (κ1) is 20.8. The van der Waals surface area contributed by atoms with Gasteiger partial charge in [-0.15, -0.1) is 0 Å². The van der Waals surface area contributed by atoms with Gasteiger partial charge in [-0.3, -0.25) is 4.79 Å². The lowest BCUT2D eigenvalue weighted by Gasteiger charge is -2.36. The quantitative estimate of drug-likeness (QED) is 0.688. The van der Waals surface area contributed by atoms with Crippen molar-refractivity contribution in [1.29, 1.82) is 0 Å². The molecule has 0 bridgehead atoms. The highest BCUT2D eigenvalue weighted by atomic mass is 35.5. The number of carbonyl (C=O) groups excluding carboxylic acids is 1. The van der Waals surface area contributed by atoms with E-state index in [0.29, 0.717) is 42.4 Å². The summed E-state index contributed by atoms with van der Waals surface area (Å²) in [4.78, 5) is 12.9. The van der Waals surface area contributed by atoms with E-state index in [1.165, 1.54) is 18.2 Å². The van der Waals surface area contributed by atoms with Gasteiger partial charge in [0.05, 0.1) is 22.2 Å². The molecule has 2 aliphatic rings. The summed E-state index contributed by atoms with van der Waals surface area (Å²) >= 11 is 5.75. The van der Waals surface area contributed by atoms with E-state index in [0.717, 1.165) is 0 Å². The van der Waals surface area contributed by atoms with E-state index in [9.17, 15) is 18.7 Å². The van der Waals surface area contributed by atoms with E-state index in [2.05, 4.69) is 5.32 Å². The van der Waals surface area contributed by atoms with Crippen molar-refractivity contribution in [3.05, 3.63) is 63.9 Å². The Morgan fingerprint density at radius 2 is 1.80 bits per heavy atom. The largest absolute Gasteiger partial charge is 0.509 e. The number of aliphatic hydroxyl groups is 1. The lowest BCUT2D eigenvalue weighted by atomic mass is 9.79. The van der Waals surface area contributed by atoms with E-state index in [4.69, 9.17) is 16.3 Å². The maximum atomic E-state index is 14.8. The fourth-order valence-electron chi connectivity index (χ4n) is 4.40. The molecule has 1 aliphatic carbocycles. The number of hydrogen-bond acceptors (Lipinski definition) is 3. The van der Waals surface area contributed by atoms with Gasteiger partial charge in [0.2, 0.25) is 0 Å². The second-order valence-corrected chi connectivity index (χ2v) is 8.36. The Hall–Kier alpha value is -2.44. The number of benzene rings is 2. The summed E-state index contributed by atoms with van der Waals surface area (Å²) in [5, 5.41) is 13.9. The molecular formula is C23H22ClF2NO3. The fourth-order valence-corrected chi connectivity index (χ4v) is 4.52. The van der Waals surface area contributed by atoms with E-state index < -0.39 is 23.1 Å². The molecule has 158 valence electrons. The van der Waals surface area contributed by atoms with Crippen LogP contribution in [0, 0.1) is 18.6 Å². The highest BCUT2D eigenvalue weighted by Crippen LogP contribution is 2.43. The van der Waals surface area contributed by atoms with Crippen LogP contribution in [0.2, 0.25) is 5.02 Å². The summed E-state index contributed by atoms with van der Waals surface area (Å²) in [6.07, 6.45) is 2.57. The summed E-state index contributed by atoms with van der Waals surface area (Å²) in [5.41, 5.74) is 0.561. The maximum Gasteiger partial charge on any atom is 0.256 e. The van der Waals surface area contributed by atoms with Crippen LogP contribution in [-0.2, 0) is 9.53 Å². The number of amides is 1. The average Bonchev–Trinajstić information content (AvgIpc) is 2.96. The van der Waals surface area contributed by atoms with Gasteiger partial charge in [-0.2, -0.15) is 0 Å². The topological polar surface area (TPSA) is 58.6 Å². The van der Waals surface area contributed by atoms with Crippen LogP contribution in [0.25, 0.3) is 16.7 Å². The molecule has 2 aromatic rings. The van der Waals surface area contributed by atoms with Crippen molar-refractivity contribution >= 4 is 23.1 Å². The molecule has 4 nitrogen and oxygen atoms in total. The van der Waals surface area contributed by atoms with Crippen molar-refractivity contribution in [3.8, 4) is 11.1 Å². The Bertz CT molecular complexity index is 1060. The smallest absolute Gasteiger partial charge is 0.256 e. The molecule has 1 fully saturated rings. The monoisotopic (exact) mass is 433 g/mol. The number of rotatable bonds is 3. The Balaban J connectivity index is 1.80. The highest BCUT2D eigenvalue weighted by Gasteiger charge is 2.48. The van der Waals surface area contributed by atoms with Crippen LogP contribution in [0.1, 0.15) is 36.8 Å². The maximum absolute atomic E-state index is 14.8. The lowest BCUT2D eigenvalue weighted by Crippen LogP contribution is -2.48. The third-order valence-electron chi connectivity index (χ3n) is 6.26. The first-order valence-electron chi connectivity index (χ1n) is 9.80. The summed E-state index contributed by atoms with van der Waals surface area (Å²) in [5.74, 6) is -1.67. The van der Waals surface area contributed by atoms with E-state index in [1.807, 2.05) is 0 Å². The molecule has 1 amide bonds. The molecule has 0 saturated heterocycles. The van der Waals surface area contributed by atoms with Gasteiger partial charge in [0.25, 0.3) is 5.91 Å². The first-order chi connectivity index (χ1) is 14.3. The number of carbonyl (C=O) groups is 1. The minimum absolute atomic E-state index is 0.0318. The number of hydrogen-bond donors (Lipinski definition) is 2. The molecule has 0 unspecified atom stereocenters. The van der Waals surface area contributed by atoms with Gasteiger partial charge in [-0.25, -0.2) is 8.78 Å². The second-order valence-electron chi connectivity index (χ2n) is 7.95. The van der Waals surface area contributed by atoms with Crippen LogP contribution in [0.15, 0.2) is 36.1 Å². The van der Waals surface area contributed by atoms with Crippen LogP contribution in [0.3, 0.4) is 0 Å². The zero-order chi connectivity index (χ0) is 21.6. The zero-order valence-electron chi connectivity index (χ0n) is 16.7. The number of halogens is 3. The van der Waals surface area contributed by atoms with E-state index >= 15 is 0 Å². The lowest BCUT2D eigenvalue weighted by molar-refractivity contribution is -0.116.